The lowest BCUT2D eigenvalue weighted by atomic mass is 9.73. The summed E-state index contributed by atoms with van der Waals surface area (Å²) in [6.45, 7) is 0. The van der Waals surface area contributed by atoms with Gasteiger partial charge in [-0.1, -0.05) is 55.3 Å². The molecule has 4 heteroatoms. The van der Waals surface area contributed by atoms with Crippen LogP contribution in [0.2, 0.25) is 0 Å². The third-order valence-corrected chi connectivity index (χ3v) is 6.32. The fourth-order valence-corrected chi connectivity index (χ4v) is 5.04. The SMILES string of the molecule is CO[C@@H]1O[C@]2(c3cccc4ccccc34)CC[C@H]3CCCCC31OO2. The van der Waals surface area contributed by atoms with Crippen LogP contribution < -0.4 is 0 Å². The Morgan fingerprint density at radius 3 is 2.76 bits per heavy atom. The molecule has 3 saturated heterocycles. The summed E-state index contributed by atoms with van der Waals surface area (Å²) in [4.78, 5) is 12.2. The highest BCUT2D eigenvalue weighted by Crippen LogP contribution is 2.55. The molecule has 0 radical (unpaired) electrons. The van der Waals surface area contributed by atoms with Gasteiger partial charge in [-0.25, -0.2) is 4.89 Å². The number of ether oxygens (including phenoxy) is 2. The molecule has 1 spiro atoms. The van der Waals surface area contributed by atoms with Gasteiger partial charge in [0, 0.05) is 19.1 Å². The number of fused-ring (bicyclic) bond motifs is 4. The molecule has 2 aromatic rings. The number of hydrogen-bond donors (Lipinski definition) is 0. The standard InChI is InChI=1S/C21H24O4/c1-22-19-20-13-5-4-9-16(20)12-14-21(23-19,25-24-20)18-11-6-8-15-7-2-3-10-17(15)18/h2-3,6-8,10-11,16,19H,4-5,9,12-14H2,1H3/t16-,19-,20?,21-/m1/s1. The second-order valence-electron chi connectivity index (χ2n) is 7.57. The van der Waals surface area contributed by atoms with E-state index in [1.54, 1.807) is 7.11 Å². The van der Waals surface area contributed by atoms with Gasteiger partial charge in [0.2, 0.25) is 5.79 Å². The molecular formula is C21H24O4. The second kappa shape index (κ2) is 5.78. The molecule has 0 amide bonds. The fraction of sp³-hybridized carbons (Fsp3) is 0.524. The Morgan fingerprint density at radius 1 is 0.960 bits per heavy atom. The molecule has 3 aliphatic heterocycles. The van der Waals surface area contributed by atoms with Gasteiger partial charge >= 0.3 is 0 Å². The minimum Gasteiger partial charge on any atom is -0.353 e. The van der Waals surface area contributed by atoms with Crippen LogP contribution in [0.3, 0.4) is 0 Å². The van der Waals surface area contributed by atoms with Crippen molar-refractivity contribution in [3.63, 3.8) is 0 Å². The van der Waals surface area contributed by atoms with Gasteiger partial charge in [-0.2, -0.15) is 4.89 Å². The van der Waals surface area contributed by atoms with Crippen LogP contribution in [0.1, 0.15) is 44.1 Å². The molecule has 2 bridgehead atoms. The highest BCUT2D eigenvalue weighted by atomic mass is 17.3. The quantitative estimate of drug-likeness (QED) is 0.745. The Morgan fingerprint density at radius 2 is 1.84 bits per heavy atom. The van der Waals surface area contributed by atoms with Gasteiger partial charge in [0.15, 0.2) is 11.9 Å². The molecule has 3 heterocycles. The van der Waals surface area contributed by atoms with E-state index in [-0.39, 0.29) is 0 Å². The van der Waals surface area contributed by atoms with E-state index < -0.39 is 17.7 Å². The van der Waals surface area contributed by atoms with E-state index >= 15 is 0 Å². The largest absolute Gasteiger partial charge is 0.353 e. The number of methoxy groups -OCH3 is 1. The van der Waals surface area contributed by atoms with E-state index in [1.165, 1.54) is 11.8 Å². The summed E-state index contributed by atoms with van der Waals surface area (Å²) >= 11 is 0. The van der Waals surface area contributed by atoms with Crippen LogP contribution in [0.15, 0.2) is 42.5 Å². The van der Waals surface area contributed by atoms with Crippen LogP contribution in [0.25, 0.3) is 10.8 Å². The van der Waals surface area contributed by atoms with Crippen LogP contribution >= 0.6 is 0 Å². The summed E-state index contributed by atoms with van der Waals surface area (Å²) in [5.41, 5.74) is 0.568. The van der Waals surface area contributed by atoms with Crippen molar-refractivity contribution in [1.29, 1.82) is 0 Å². The van der Waals surface area contributed by atoms with Gasteiger partial charge in [0.05, 0.1) is 0 Å². The summed E-state index contributed by atoms with van der Waals surface area (Å²) in [6, 6.07) is 14.6. The zero-order valence-electron chi connectivity index (χ0n) is 14.6. The maximum Gasteiger partial charge on any atom is 0.230 e. The van der Waals surface area contributed by atoms with Crippen molar-refractivity contribution in [2.45, 2.75) is 56.2 Å². The Hall–Kier alpha value is -1.46. The van der Waals surface area contributed by atoms with Gasteiger partial charge < -0.3 is 9.47 Å². The van der Waals surface area contributed by atoms with Crippen molar-refractivity contribution < 1.29 is 19.2 Å². The Bertz CT molecular complexity index is 781. The fourth-order valence-electron chi connectivity index (χ4n) is 5.04. The van der Waals surface area contributed by atoms with Gasteiger partial charge in [-0.05, 0) is 36.0 Å². The average molecular weight is 340 g/mol. The van der Waals surface area contributed by atoms with Crippen LogP contribution in [0, 0.1) is 5.92 Å². The first-order chi connectivity index (χ1) is 12.3. The third kappa shape index (κ3) is 2.21. The minimum absolute atomic E-state index is 0.395. The normalized spacial score (nSPS) is 37.6. The predicted molar refractivity (Wildman–Crippen MR) is 93.6 cm³/mol. The molecule has 4 nitrogen and oxygen atoms in total. The maximum absolute atomic E-state index is 6.53. The van der Waals surface area contributed by atoms with Crippen molar-refractivity contribution in [2.75, 3.05) is 7.11 Å². The highest BCUT2D eigenvalue weighted by Gasteiger charge is 2.62. The van der Waals surface area contributed by atoms with Crippen LogP contribution in [0.5, 0.6) is 0 Å². The monoisotopic (exact) mass is 340 g/mol. The smallest absolute Gasteiger partial charge is 0.230 e. The molecule has 4 fully saturated rings. The summed E-state index contributed by atoms with van der Waals surface area (Å²) in [6.07, 6.45) is 5.88. The Balaban J connectivity index is 1.64. The molecular weight excluding hydrogens is 316 g/mol. The number of rotatable bonds is 2. The first-order valence-electron chi connectivity index (χ1n) is 9.33. The second-order valence-corrected chi connectivity index (χ2v) is 7.57. The Labute approximate surface area is 147 Å². The summed E-state index contributed by atoms with van der Waals surface area (Å²) < 4.78 is 12.3. The highest BCUT2D eigenvalue weighted by molar-refractivity contribution is 5.86. The lowest BCUT2D eigenvalue weighted by Gasteiger charge is -2.49. The first-order valence-corrected chi connectivity index (χ1v) is 9.33. The molecule has 0 N–H and O–H groups in total. The number of benzene rings is 2. The Kier molecular flexibility index (Phi) is 3.64. The van der Waals surface area contributed by atoms with Crippen molar-refractivity contribution >= 4 is 10.8 Å². The summed E-state index contributed by atoms with van der Waals surface area (Å²) in [5, 5.41) is 2.32. The van der Waals surface area contributed by atoms with E-state index in [2.05, 4.69) is 42.5 Å². The van der Waals surface area contributed by atoms with Crippen molar-refractivity contribution in [1.82, 2.24) is 0 Å². The van der Waals surface area contributed by atoms with Gasteiger partial charge in [-0.3, -0.25) is 0 Å². The van der Waals surface area contributed by atoms with E-state index in [1.807, 2.05) is 0 Å². The molecule has 6 rings (SSSR count). The van der Waals surface area contributed by atoms with E-state index in [0.29, 0.717) is 5.92 Å². The zero-order valence-corrected chi connectivity index (χ0v) is 14.6. The van der Waals surface area contributed by atoms with Gasteiger partial charge in [-0.15, -0.1) is 0 Å². The van der Waals surface area contributed by atoms with E-state index in [4.69, 9.17) is 19.2 Å². The lowest BCUT2D eigenvalue weighted by Crippen LogP contribution is -2.59. The van der Waals surface area contributed by atoms with Gasteiger partial charge in [0.25, 0.3) is 0 Å². The molecule has 1 saturated carbocycles. The first kappa shape index (κ1) is 15.8. The zero-order chi connectivity index (χ0) is 16.9. The van der Waals surface area contributed by atoms with Crippen LogP contribution in [0.4, 0.5) is 0 Å². The van der Waals surface area contributed by atoms with Crippen LogP contribution in [-0.4, -0.2) is 19.0 Å². The maximum atomic E-state index is 6.53. The molecule has 25 heavy (non-hydrogen) atoms. The minimum atomic E-state index is -0.899. The summed E-state index contributed by atoms with van der Waals surface area (Å²) in [5.74, 6) is -0.477. The number of hydrogen-bond acceptors (Lipinski definition) is 4. The average Bonchev–Trinajstić information content (AvgIpc) is 2.93. The predicted octanol–water partition coefficient (Wildman–Crippen LogP) is 4.67. The van der Waals surface area contributed by atoms with Crippen molar-refractivity contribution in [2.24, 2.45) is 5.92 Å². The third-order valence-electron chi connectivity index (χ3n) is 6.32. The molecule has 4 atom stereocenters. The van der Waals surface area contributed by atoms with Crippen molar-refractivity contribution in [3.05, 3.63) is 48.0 Å². The van der Waals surface area contributed by atoms with E-state index in [0.717, 1.165) is 43.1 Å². The molecule has 132 valence electrons. The molecule has 1 aliphatic carbocycles. The lowest BCUT2D eigenvalue weighted by molar-refractivity contribution is -0.558. The topological polar surface area (TPSA) is 36.9 Å². The molecule has 1 unspecified atom stereocenters. The van der Waals surface area contributed by atoms with Gasteiger partial charge in [0.1, 0.15) is 0 Å². The van der Waals surface area contributed by atoms with E-state index in [9.17, 15) is 0 Å². The molecule has 0 aromatic heterocycles. The molecule has 4 aliphatic rings. The van der Waals surface area contributed by atoms with Crippen LogP contribution in [-0.2, 0) is 25.0 Å². The summed E-state index contributed by atoms with van der Waals surface area (Å²) in [7, 11) is 1.71. The molecule has 2 aromatic carbocycles. The van der Waals surface area contributed by atoms with Crippen molar-refractivity contribution in [3.8, 4) is 0 Å².